The van der Waals surface area contributed by atoms with Crippen LogP contribution in [0.15, 0.2) is 42.5 Å². The van der Waals surface area contributed by atoms with E-state index in [1.165, 1.54) is 0 Å². The third-order valence-electron chi connectivity index (χ3n) is 6.16. The number of aliphatic carboxylic acids is 1. The van der Waals surface area contributed by atoms with Crippen molar-refractivity contribution < 1.29 is 14.7 Å². The van der Waals surface area contributed by atoms with Gasteiger partial charge in [0, 0.05) is 17.4 Å². The molecular weight excluding hydrogens is 328 g/mol. The molecule has 2 fully saturated rings. The zero-order chi connectivity index (χ0) is 17.8. The maximum Gasteiger partial charge on any atom is 0.326 e. The van der Waals surface area contributed by atoms with Gasteiger partial charge in [0.1, 0.15) is 11.7 Å². The number of nitrogens with one attached hydrogen (secondary N) is 1. The van der Waals surface area contributed by atoms with Crippen LogP contribution in [0.3, 0.4) is 0 Å². The Balaban J connectivity index is 1.56. The van der Waals surface area contributed by atoms with Crippen molar-refractivity contribution >= 4 is 33.6 Å². The number of nitrogens with zero attached hydrogens (tertiary/aromatic N) is 1. The molecule has 132 valence electrons. The first kappa shape index (κ1) is 15.4. The first-order valence-corrected chi connectivity index (χ1v) is 9.18. The third-order valence-corrected chi connectivity index (χ3v) is 6.16. The van der Waals surface area contributed by atoms with Gasteiger partial charge >= 0.3 is 5.97 Å². The minimum atomic E-state index is -0.880. The average Bonchev–Trinajstić information content (AvgIpc) is 3.33. The van der Waals surface area contributed by atoms with Crippen LogP contribution in [0.4, 0.5) is 0 Å². The van der Waals surface area contributed by atoms with Gasteiger partial charge in [0.05, 0.1) is 0 Å². The van der Waals surface area contributed by atoms with Crippen LogP contribution in [0, 0.1) is 11.8 Å². The lowest BCUT2D eigenvalue weighted by Crippen LogP contribution is -2.43. The standard InChI is InChI=1S/C21H20N2O3/c24-20(23-11-13-5-3-7-15(13)19(23)21(25)26)18-10-16-14-6-2-1-4-12(14)8-9-17(16)22-18/h1-2,4,6,8-10,13,15,19,22H,3,5,7,11H2,(H,25,26). The van der Waals surface area contributed by atoms with E-state index >= 15 is 0 Å². The number of rotatable bonds is 2. The molecule has 3 aromatic rings. The molecule has 0 radical (unpaired) electrons. The molecule has 2 aliphatic rings. The molecule has 1 aromatic heterocycles. The molecule has 2 heterocycles. The highest BCUT2D eigenvalue weighted by molar-refractivity contribution is 6.10. The van der Waals surface area contributed by atoms with E-state index in [2.05, 4.69) is 4.98 Å². The predicted molar refractivity (Wildman–Crippen MR) is 99.1 cm³/mol. The Morgan fingerprint density at radius 3 is 2.77 bits per heavy atom. The van der Waals surface area contributed by atoms with Gasteiger partial charge < -0.3 is 15.0 Å². The quantitative estimate of drug-likeness (QED) is 0.742. The topological polar surface area (TPSA) is 73.4 Å². The third kappa shape index (κ3) is 2.16. The summed E-state index contributed by atoms with van der Waals surface area (Å²) < 4.78 is 0. The van der Waals surface area contributed by atoms with Crippen LogP contribution in [0.25, 0.3) is 21.7 Å². The zero-order valence-corrected chi connectivity index (χ0v) is 14.3. The molecule has 1 amide bonds. The number of carboxylic acids is 1. The lowest BCUT2D eigenvalue weighted by Gasteiger charge is -2.23. The number of fused-ring (bicyclic) bond motifs is 4. The summed E-state index contributed by atoms with van der Waals surface area (Å²) in [6.07, 6.45) is 3.00. The molecule has 0 bridgehead atoms. The molecule has 0 spiro atoms. The summed E-state index contributed by atoms with van der Waals surface area (Å²) in [5, 5.41) is 12.9. The van der Waals surface area contributed by atoms with Crippen LogP contribution >= 0.6 is 0 Å². The number of aromatic amines is 1. The molecule has 1 aliphatic carbocycles. The van der Waals surface area contributed by atoms with Crippen molar-refractivity contribution in [1.29, 1.82) is 0 Å². The fourth-order valence-electron chi connectivity index (χ4n) is 4.99. The van der Waals surface area contributed by atoms with Crippen LogP contribution < -0.4 is 0 Å². The fourth-order valence-corrected chi connectivity index (χ4v) is 4.99. The molecule has 5 rings (SSSR count). The Kier molecular flexibility index (Phi) is 3.32. The summed E-state index contributed by atoms with van der Waals surface area (Å²) in [7, 11) is 0. The molecule has 1 aliphatic heterocycles. The number of amides is 1. The number of carbonyl (C=O) groups is 2. The Morgan fingerprint density at radius 1 is 1.08 bits per heavy atom. The predicted octanol–water partition coefficient (Wildman–Crippen LogP) is 3.65. The summed E-state index contributed by atoms with van der Waals surface area (Å²) in [5.41, 5.74) is 1.38. The first-order chi connectivity index (χ1) is 12.6. The highest BCUT2D eigenvalue weighted by atomic mass is 16.4. The molecule has 2 aromatic carbocycles. The maximum atomic E-state index is 13.1. The van der Waals surface area contributed by atoms with Crippen molar-refractivity contribution in [3.63, 3.8) is 0 Å². The van der Waals surface area contributed by atoms with Crippen molar-refractivity contribution in [3.05, 3.63) is 48.2 Å². The van der Waals surface area contributed by atoms with Gasteiger partial charge in [0.2, 0.25) is 0 Å². The van der Waals surface area contributed by atoms with E-state index in [0.29, 0.717) is 18.2 Å². The number of benzene rings is 2. The van der Waals surface area contributed by atoms with E-state index in [4.69, 9.17) is 0 Å². The Hall–Kier alpha value is -2.82. The Bertz CT molecular complexity index is 1040. The minimum Gasteiger partial charge on any atom is -0.480 e. The van der Waals surface area contributed by atoms with Crippen LogP contribution in [-0.4, -0.2) is 39.5 Å². The van der Waals surface area contributed by atoms with E-state index in [1.807, 2.05) is 42.5 Å². The number of aromatic nitrogens is 1. The van der Waals surface area contributed by atoms with Gasteiger partial charge in [-0.05, 0) is 47.6 Å². The Morgan fingerprint density at radius 2 is 1.92 bits per heavy atom. The van der Waals surface area contributed by atoms with Gasteiger partial charge in [-0.15, -0.1) is 0 Å². The van der Waals surface area contributed by atoms with Crippen LogP contribution in [0.1, 0.15) is 29.8 Å². The van der Waals surface area contributed by atoms with Gasteiger partial charge in [-0.1, -0.05) is 36.8 Å². The molecular formula is C21H20N2O3. The SMILES string of the molecule is O=C(O)C1C2CCCC2CN1C(=O)c1cc2c(ccc3ccccc32)[nH]1. The lowest BCUT2D eigenvalue weighted by atomic mass is 9.94. The van der Waals surface area contributed by atoms with Crippen molar-refractivity contribution in [2.45, 2.75) is 25.3 Å². The zero-order valence-electron chi connectivity index (χ0n) is 14.3. The second-order valence-electron chi connectivity index (χ2n) is 7.53. The highest BCUT2D eigenvalue weighted by Gasteiger charge is 2.49. The number of H-pyrrole nitrogens is 1. The smallest absolute Gasteiger partial charge is 0.326 e. The molecule has 5 heteroatoms. The largest absolute Gasteiger partial charge is 0.480 e. The number of carbonyl (C=O) groups excluding carboxylic acids is 1. The second-order valence-corrected chi connectivity index (χ2v) is 7.53. The van der Waals surface area contributed by atoms with E-state index in [-0.39, 0.29) is 11.8 Å². The lowest BCUT2D eigenvalue weighted by molar-refractivity contribution is -0.142. The summed E-state index contributed by atoms with van der Waals surface area (Å²) in [6.45, 7) is 0.552. The van der Waals surface area contributed by atoms with Crippen molar-refractivity contribution in [1.82, 2.24) is 9.88 Å². The van der Waals surface area contributed by atoms with E-state index in [1.54, 1.807) is 4.90 Å². The molecule has 1 saturated heterocycles. The Labute approximate surface area is 150 Å². The van der Waals surface area contributed by atoms with Gasteiger partial charge in [-0.3, -0.25) is 4.79 Å². The number of carboxylic acid groups (broad SMARTS) is 1. The fraction of sp³-hybridized carbons (Fsp3) is 0.333. The second kappa shape index (κ2) is 5.59. The summed E-state index contributed by atoms with van der Waals surface area (Å²) in [4.78, 5) is 29.7. The van der Waals surface area contributed by atoms with Gasteiger partial charge in [-0.25, -0.2) is 4.79 Å². The summed E-state index contributed by atoms with van der Waals surface area (Å²) in [5.74, 6) is -0.659. The molecule has 1 saturated carbocycles. The monoisotopic (exact) mass is 348 g/mol. The maximum absolute atomic E-state index is 13.1. The van der Waals surface area contributed by atoms with Gasteiger partial charge in [-0.2, -0.15) is 0 Å². The molecule has 26 heavy (non-hydrogen) atoms. The molecule has 5 nitrogen and oxygen atoms in total. The van der Waals surface area contributed by atoms with Crippen LogP contribution in [0.2, 0.25) is 0 Å². The van der Waals surface area contributed by atoms with Crippen molar-refractivity contribution in [2.24, 2.45) is 11.8 Å². The normalized spacial score (nSPS) is 25.1. The summed E-state index contributed by atoms with van der Waals surface area (Å²) in [6, 6.07) is 13.2. The van der Waals surface area contributed by atoms with Crippen LogP contribution in [-0.2, 0) is 4.79 Å². The van der Waals surface area contributed by atoms with E-state index < -0.39 is 12.0 Å². The molecule has 3 unspecified atom stereocenters. The highest BCUT2D eigenvalue weighted by Crippen LogP contribution is 2.42. The van der Waals surface area contributed by atoms with Crippen molar-refractivity contribution in [3.8, 4) is 0 Å². The number of hydrogen-bond acceptors (Lipinski definition) is 2. The minimum absolute atomic E-state index is 0.0988. The number of hydrogen-bond donors (Lipinski definition) is 2. The number of likely N-dealkylation sites (tertiary alicyclic amines) is 1. The van der Waals surface area contributed by atoms with E-state index in [9.17, 15) is 14.7 Å². The molecule has 2 N–H and O–H groups in total. The first-order valence-electron chi connectivity index (χ1n) is 9.18. The van der Waals surface area contributed by atoms with Gasteiger partial charge in [0.25, 0.3) is 5.91 Å². The van der Waals surface area contributed by atoms with Crippen LogP contribution in [0.5, 0.6) is 0 Å². The van der Waals surface area contributed by atoms with Crippen molar-refractivity contribution in [2.75, 3.05) is 6.54 Å². The average molecular weight is 348 g/mol. The molecule has 3 atom stereocenters. The summed E-state index contributed by atoms with van der Waals surface area (Å²) >= 11 is 0. The van der Waals surface area contributed by atoms with E-state index in [0.717, 1.165) is 40.9 Å². The van der Waals surface area contributed by atoms with Gasteiger partial charge in [0.15, 0.2) is 0 Å².